The zero-order valence-electron chi connectivity index (χ0n) is 9.48. The van der Waals surface area contributed by atoms with Gasteiger partial charge in [0, 0.05) is 5.56 Å². The lowest BCUT2D eigenvalue weighted by atomic mass is 9.94. The van der Waals surface area contributed by atoms with E-state index < -0.39 is 23.8 Å². The zero-order chi connectivity index (χ0) is 14.7. The van der Waals surface area contributed by atoms with Crippen LogP contribution in [0.1, 0.15) is 5.56 Å². The van der Waals surface area contributed by atoms with Crippen LogP contribution in [0, 0.1) is 11.8 Å². The number of hydrogen-bond donors (Lipinski definition) is 3. The number of halogens is 3. The van der Waals surface area contributed by atoms with E-state index in [1.165, 1.54) is 30.2 Å². The standard InChI is InChI=1S/C12H10F3NO3/c13-12(14,15)11(19,9(16)10(17)18)7-6-8-4-2-1-3-5-8/h1-5,9,19H,16H2,(H,17,18)/t9-,11+/m1/s1. The summed E-state index contributed by atoms with van der Waals surface area (Å²) in [4.78, 5) is 10.6. The molecule has 7 heteroatoms. The first-order valence-corrected chi connectivity index (χ1v) is 5.04. The van der Waals surface area contributed by atoms with E-state index in [-0.39, 0.29) is 5.56 Å². The van der Waals surface area contributed by atoms with Crippen LogP contribution in [0.25, 0.3) is 0 Å². The molecule has 0 aliphatic heterocycles. The van der Waals surface area contributed by atoms with Crippen LogP contribution in [-0.2, 0) is 4.79 Å². The Labute approximate surface area is 106 Å². The number of carboxylic acids is 1. The second kappa shape index (κ2) is 5.30. The summed E-state index contributed by atoms with van der Waals surface area (Å²) in [7, 11) is 0. The minimum atomic E-state index is -5.29. The Morgan fingerprint density at radius 1 is 1.26 bits per heavy atom. The molecule has 2 atom stereocenters. The molecule has 1 rings (SSSR count). The SMILES string of the molecule is N[C@H](C(=O)O)[C@@](O)(C#Cc1ccccc1)C(F)(F)F. The molecule has 0 amide bonds. The molecule has 0 bridgehead atoms. The third kappa shape index (κ3) is 3.24. The fraction of sp³-hybridized carbons (Fsp3) is 0.250. The highest BCUT2D eigenvalue weighted by molar-refractivity contribution is 5.76. The van der Waals surface area contributed by atoms with Crippen molar-refractivity contribution in [3.05, 3.63) is 35.9 Å². The molecule has 0 radical (unpaired) electrons. The smallest absolute Gasteiger partial charge is 0.430 e. The van der Waals surface area contributed by atoms with Gasteiger partial charge in [-0.25, -0.2) is 0 Å². The summed E-state index contributed by atoms with van der Waals surface area (Å²) in [5.74, 6) is 1.57. The fourth-order valence-corrected chi connectivity index (χ4v) is 1.19. The van der Waals surface area contributed by atoms with Crippen LogP contribution < -0.4 is 5.73 Å². The van der Waals surface area contributed by atoms with Crippen LogP contribution in [0.15, 0.2) is 30.3 Å². The number of alkyl halides is 3. The monoisotopic (exact) mass is 273 g/mol. The molecule has 4 N–H and O–H groups in total. The summed E-state index contributed by atoms with van der Waals surface area (Å²) >= 11 is 0. The Morgan fingerprint density at radius 2 is 1.79 bits per heavy atom. The van der Waals surface area contributed by atoms with E-state index in [1.807, 2.05) is 0 Å². The van der Waals surface area contributed by atoms with Gasteiger partial charge < -0.3 is 15.9 Å². The van der Waals surface area contributed by atoms with Gasteiger partial charge in [-0.05, 0) is 12.1 Å². The van der Waals surface area contributed by atoms with Gasteiger partial charge in [0.05, 0.1) is 0 Å². The van der Waals surface area contributed by atoms with Crippen LogP contribution in [-0.4, -0.2) is 34.0 Å². The van der Waals surface area contributed by atoms with Gasteiger partial charge in [-0.3, -0.25) is 4.79 Å². The van der Waals surface area contributed by atoms with Crippen molar-refractivity contribution in [2.45, 2.75) is 17.8 Å². The molecule has 1 aromatic carbocycles. The number of rotatable bonds is 2. The van der Waals surface area contributed by atoms with Crippen molar-refractivity contribution < 1.29 is 28.2 Å². The van der Waals surface area contributed by atoms with E-state index in [9.17, 15) is 23.1 Å². The van der Waals surface area contributed by atoms with Crippen molar-refractivity contribution in [3.63, 3.8) is 0 Å². The number of benzene rings is 1. The summed E-state index contributed by atoms with van der Waals surface area (Å²) in [5, 5.41) is 18.0. The number of aliphatic carboxylic acids is 1. The summed E-state index contributed by atoms with van der Waals surface area (Å²) in [6.07, 6.45) is -5.29. The van der Waals surface area contributed by atoms with Crippen LogP contribution in [0.5, 0.6) is 0 Å². The highest BCUT2D eigenvalue weighted by Gasteiger charge is 2.59. The van der Waals surface area contributed by atoms with Gasteiger partial charge in [0.25, 0.3) is 0 Å². The van der Waals surface area contributed by atoms with Crippen molar-refractivity contribution in [1.82, 2.24) is 0 Å². The molecule has 0 saturated carbocycles. The zero-order valence-corrected chi connectivity index (χ0v) is 9.48. The van der Waals surface area contributed by atoms with Crippen molar-refractivity contribution in [1.29, 1.82) is 0 Å². The second-order valence-corrected chi connectivity index (χ2v) is 3.70. The van der Waals surface area contributed by atoms with E-state index in [1.54, 1.807) is 6.07 Å². The molecule has 0 aliphatic carbocycles. The minimum absolute atomic E-state index is 0.197. The molecule has 0 saturated heterocycles. The van der Waals surface area contributed by atoms with Crippen LogP contribution >= 0.6 is 0 Å². The fourth-order valence-electron chi connectivity index (χ4n) is 1.19. The second-order valence-electron chi connectivity index (χ2n) is 3.70. The van der Waals surface area contributed by atoms with Gasteiger partial charge in [0.1, 0.15) is 0 Å². The van der Waals surface area contributed by atoms with E-state index in [4.69, 9.17) is 10.8 Å². The third-order valence-electron chi connectivity index (χ3n) is 2.32. The average Bonchev–Trinajstić information content (AvgIpc) is 2.34. The number of carboxylic acid groups (broad SMARTS) is 1. The Kier molecular flexibility index (Phi) is 4.19. The number of hydrogen-bond acceptors (Lipinski definition) is 3. The predicted molar refractivity (Wildman–Crippen MR) is 59.9 cm³/mol. The summed E-state index contributed by atoms with van der Waals surface area (Å²) in [5.41, 5.74) is 1.26. The quantitative estimate of drug-likeness (QED) is 0.694. The minimum Gasteiger partial charge on any atom is -0.480 e. The van der Waals surface area contributed by atoms with Gasteiger partial charge >= 0.3 is 12.1 Å². The lowest BCUT2D eigenvalue weighted by Gasteiger charge is -2.28. The highest BCUT2D eigenvalue weighted by atomic mass is 19.4. The normalized spacial score (nSPS) is 15.8. The molecule has 0 aliphatic rings. The Balaban J connectivity index is 3.21. The lowest BCUT2D eigenvalue weighted by molar-refractivity contribution is -0.243. The Morgan fingerprint density at radius 3 is 2.21 bits per heavy atom. The lowest BCUT2D eigenvalue weighted by Crippen LogP contribution is -2.60. The average molecular weight is 273 g/mol. The maximum Gasteiger partial charge on any atom is 0.430 e. The van der Waals surface area contributed by atoms with Gasteiger partial charge in [-0.2, -0.15) is 13.2 Å². The van der Waals surface area contributed by atoms with Gasteiger partial charge in [-0.1, -0.05) is 30.0 Å². The molecule has 0 spiro atoms. The maximum absolute atomic E-state index is 12.7. The van der Waals surface area contributed by atoms with Crippen molar-refractivity contribution >= 4 is 5.97 Å². The van der Waals surface area contributed by atoms with Crippen LogP contribution in [0.4, 0.5) is 13.2 Å². The molecule has 0 heterocycles. The third-order valence-corrected chi connectivity index (χ3v) is 2.32. The summed E-state index contributed by atoms with van der Waals surface area (Å²) in [6, 6.07) is 4.93. The van der Waals surface area contributed by atoms with Crippen LogP contribution in [0.2, 0.25) is 0 Å². The molecule has 0 unspecified atom stereocenters. The van der Waals surface area contributed by atoms with Crippen molar-refractivity contribution in [2.24, 2.45) is 5.73 Å². The Hall–Kier alpha value is -2.04. The molecular formula is C12H10F3NO3. The first-order chi connectivity index (χ1) is 8.68. The number of aliphatic hydroxyl groups is 1. The van der Waals surface area contributed by atoms with E-state index >= 15 is 0 Å². The number of carbonyl (C=O) groups is 1. The first kappa shape index (κ1) is 15.0. The van der Waals surface area contributed by atoms with Gasteiger partial charge in [0.2, 0.25) is 5.60 Å². The molecule has 4 nitrogen and oxygen atoms in total. The van der Waals surface area contributed by atoms with E-state index in [2.05, 4.69) is 5.92 Å². The van der Waals surface area contributed by atoms with Gasteiger partial charge in [-0.15, -0.1) is 0 Å². The van der Waals surface area contributed by atoms with Crippen molar-refractivity contribution in [3.8, 4) is 11.8 Å². The Bertz CT molecular complexity index is 519. The topological polar surface area (TPSA) is 83.6 Å². The molecule has 0 fully saturated rings. The molecule has 102 valence electrons. The molecular weight excluding hydrogens is 263 g/mol. The summed E-state index contributed by atoms with van der Waals surface area (Å²) in [6.45, 7) is 0. The molecule has 0 aromatic heterocycles. The van der Waals surface area contributed by atoms with E-state index in [0.717, 1.165) is 0 Å². The summed E-state index contributed by atoms with van der Waals surface area (Å²) < 4.78 is 38.2. The highest BCUT2D eigenvalue weighted by Crippen LogP contribution is 2.32. The van der Waals surface area contributed by atoms with Gasteiger partial charge in [0.15, 0.2) is 6.04 Å². The predicted octanol–water partition coefficient (Wildman–Crippen LogP) is 0.743. The molecule has 19 heavy (non-hydrogen) atoms. The number of nitrogens with two attached hydrogens (primary N) is 1. The van der Waals surface area contributed by atoms with Crippen molar-refractivity contribution in [2.75, 3.05) is 0 Å². The van der Waals surface area contributed by atoms with Crippen LogP contribution in [0.3, 0.4) is 0 Å². The molecule has 1 aromatic rings. The maximum atomic E-state index is 12.7. The first-order valence-electron chi connectivity index (χ1n) is 5.04. The largest absolute Gasteiger partial charge is 0.480 e. The van der Waals surface area contributed by atoms with E-state index in [0.29, 0.717) is 0 Å².